The molecule has 0 radical (unpaired) electrons. The number of carbonyl (C=O) groups is 1. The summed E-state index contributed by atoms with van der Waals surface area (Å²) in [5.41, 5.74) is -0.560. The van der Waals surface area contributed by atoms with E-state index >= 15 is 0 Å². The smallest absolute Gasteiger partial charge is 0.269 e. The number of hydrogen-bond donors (Lipinski definition) is 0. The third-order valence-electron chi connectivity index (χ3n) is 4.64. The van der Waals surface area contributed by atoms with Crippen molar-refractivity contribution in [2.24, 2.45) is 5.92 Å². The molecule has 1 atom stereocenters. The average molecular weight is 261 g/mol. The van der Waals surface area contributed by atoms with Crippen LogP contribution in [0.4, 0.5) is 10.1 Å². The minimum atomic E-state index is -1.86. The number of hydrogen-bond acceptors (Lipinski definition) is 1. The first-order valence-corrected chi connectivity index (χ1v) is 7.14. The van der Waals surface area contributed by atoms with Crippen LogP contribution in [-0.4, -0.2) is 11.9 Å². The van der Waals surface area contributed by atoms with E-state index in [9.17, 15) is 9.18 Å². The molecule has 1 aliphatic heterocycles. The Kier molecular flexibility index (Phi) is 2.88. The van der Waals surface area contributed by atoms with Gasteiger partial charge < -0.3 is 4.90 Å². The second-order valence-electron chi connectivity index (χ2n) is 6.11. The molecular weight excluding hydrogens is 241 g/mol. The van der Waals surface area contributed by atoms with Crippen molar-refractivity contribution in [3.05, 3.63) is 29.8 Å². The molecule has 102 valence electrons. The molecule has 0 saturated heterocycles. The maximum absolute atomic E-state index is 14.7. The maximum atomic E-state index is 14.7. The summed E-state index contributed by atoms with van der Waals surface area (Å²) in [6.45, 7) is 3.63. The van der Waals surface area contributed by atoms with Crippen LogP contribution in [-0.2, 0) is 10.5 Å². The largest absolute Gasteiger partial charge is 0.306 e. The van der Waals surface area contributed by atoms with Crippen LogP contribution in [0, 0.1) is 5.92 Å². The van der Waals surface area contributed by atoms with Gasteiger partial charge in [-0.1, -0.05) is 25.1 Å². The molecule has 0 spiro atoms. The van der Waals surface area contributed by atoms with Crippen molar-refractivity contribution in [2.75, 3.05) is 4.90 Å². The van der Waals surface area contributed by atoms with Crippen molar-refractivity contribution >= 4 is 11.6 Å². The first-order valence-electron chi connectivity index (χ1n) is 7.14. The van der Waals surface area contributed by atoms with E-state index in [1.807, 2.05) is 12.1 Å². The summed E-state index contributed by atoms with van der Waals surface area (Å²) in [6, 6.07) is 7.46. The Morgan fingerprint density at radius 3 is 2.53 bits per heavy atom. The molecular formula is C16H20FNO. The van der Waals surface area contributed by atoms with E-state index in [2.05, 4.69) is 6.92 Å². The number of alkyl halides is 1. The summed E-state index contributed by atoms with van der Waals surface area (Å²) in [5.74, 6) is 0.342. The number of anilines is 1. The zero-order valence-corrected chi connectivity index (χ0v) is 11.5. The number of nitrogens with zero attached hydrogens (tertiary/aromatic N) is 1. The molecule has 1 saturated carbocycles. The van der Waals surface area contributed by atoms with Crippen LogP contribution in [0.15, 0.2) is 24.3 Å². The predicted octanol–water partition coefficient (Wildman–Crippen LogP) is 3.80. The fourth-order valence-corrected chi connectivity index (χ4v) is 3.39. The van der Waals surface area contributed by atoms with Crippen molar-refractivity contribution in [3.63, 3.8) is 0 Å². The van der Waals surface area contributed by atoms with Gasteiger partial charge in [0.25, 0.3) is 5.91 Å². The number of rotatable bonds is 1. The minimum absolute atomic E-state index is 0.169. The Balaban J connectivity index is 1.97. The normalized spacial score (nSPS) is 34.5. The second-order valence-corrected chi connectivity index (χ2v) is 6.11. The topological polar surface area (TPSA) is 20.3 Å². The Morgan fingerprint density at radius 2 is 1.84 bits per heavy atom. The molecule has 2 nitrogen and oxygen atoms in total. The molecule has 0 aromatic heterocycles. The van der Waals surface area contributed by atoms with Crippen LogP contribution >= 0.6 is 0 Å². The number of fused-ring (bicyclic) bond motifs is 1. The van der Waals surface area contributed by atoms with Gasteiger partial charge in [0.05, 0.1) is 5.69 Å². The van der Waals surface area contributed by atoms with Gasteiger partial charge in [0.15, 0.2) is 0 Å². The fourth-order valence-electron chi connectivity index (χ4n) is 3.39. The Bertz CT molecular complexity index is 503. The summed E-state index contributed by atoms with van der Waals surface area (Å²) in [5, 5.41) is 0. The SMILES string of the molecule is CC1(F)C(=O)N([C@H]2CC[C@H](C)CC2)c2ccccc21. The van der Waals surface area contributed by atoms with E-state index in [0.29, 0.717) is 5.56 Å². The van der Waals surface area contributed by atoms with Crippen molar-refractivity contribution < 1.29 is 9.18 Å². The number of amides is 1. The number of benzene rings is 1. The molecule has 1 fully saturated rings. The van der Waals surface area contributed by atoms with Crippen LogP contribution < -0.4 is 4.90 Å². The molecule has 1 amide bonds. The van der Waals surface area contributed by atoms with Gasteiger partial charge in [-0.15, -0.1) is 0 Å². The maximum Gasteiger partial charge on any atom is 0.269 e. The van der Waals surface area contributed by atoms with Gasteiger partial charge in [-0.25, -0.2) is 4.39 Å². The number of halogens is 1. The molecule has 19 heavy (non-hydrogen) atoms. The summed E-state index contributed by atoms with van der Waals surface area (Å²) in [7, 11) is 0. The molecule has 3 rings (SSSR count). The predicted molar refractivity (Wildman–Crippen MR) is 73.8 cm³/mol. The molecule has 1 aromatic carbocycles. The Labute approximate surface area is 113 Å². The lowest BCUT2D eigenvalue weighted by Gasteiger charge is -2.34. The van der Waals surface area contributed by atoms with Crippen LogP contribution in [0.25, 0.3) is 0 Å². The summed E-state index contributed by atoms with van der Waals surface area (Å²) >= 11 is 0. The van der Waals surface area contributed by atoms with E-state index in [1.165, 1.54) is 6.92 Å². The molecule has 1 heterocycles. The van der Waals surface area contributed by atoms with Crippen molar-refractivity contribution in [1.29, 1.82) is 0 Å². The highest BCUT2D eigenvalue weighted by Crippen LogP contribution is 2.45. The van der Waals surface area contributed by atoms with Gasteiger partial charge >= 0.3 is 0 Å². The molecule has 0 N–H and O–H groups in total. The summed E-state index contributed by atoms with van der Waals surface area (Å²) < 4.78 is 14.7. The lowest BCUT2D eigenvalue weighted by Crippen LogP contribution is -2.44. The zero-order chi connectivity index (χ0) is 13.6. The first kappa shape index (κ1) is 12.6. The fraction of sp³-hybridized carbons (Fsp3) is 0.562. The van der Waals surface area contributed by atoms with Gasteiger partial charge in [-0.05, 0) is 44.6 Å². The highest BCUT2D eigenvalue weighted by atomic mass is 19.1. The quantitative estimate of drug-likeness (QED) is 0.753. The monoisotopic (exact) mass is 261 g/mol. The lowest BCUT2D eigenvalue weighted by atomic mass is 9.86. The van der Waals surface area contributed by atoms with E-state index in [4.69, 9.17) is 0 Å². The molecule has 1 unspecified atom stereocenters. The minimum Gasteiger partial charge on any atom is -0.306 e. The average Bonchev–Trinajstić information content (AvgIpc) is 2.60. The van der Waals surface area contributed by atoms with Gasteiger partial charge in [-0.2, -0.15) is 0 Å². The Morgan fingerprint density at radius 1 is 1.21 bits per heavy atom. The zero-order valence-electron chi connectivity index (χ0n) is 11.5. The van der Waals surface area contributed by atoms with E-state index in [0.717, 1.165) is 37.3 Å². The third kappa shape index (κ3) is 1.87. The third-order valence-corrected chi connectivity index (χ3v) is 4.64. The van der Waals surface area contributed by atoms with Crippen molar-refractivity contribution in [3.8, 4) is 0 Å². The van der Waals surface area contributed by atoms with Crippen LogP contribution in [0.1, 0.15) is 45.1 Å². The number of carbonyl (C=O) groups excluding carboxylic acids is 1. The van der Waals surface area contributed by atoms with Crippen molar-refractivity contribution in [1.82, 2.24) is 0 Å². The summed E-state index contributed by atoms with van der Waals surface area (Å²) in [6.07, 6.45) is 4.22. The van der Waals surface area contributed by atoms with E-state index < -0.39 is 5.67 Å². The standard InChI is InChI=1S/C16H20FNO/c1-11-7-9-12(10-8-11)18-14-6-4-3-5-13(14)16(2,17)15(18)19/h3-6,11-12H,7-10H2,1-2H3/t11-,12-,16?. The molecule has 2 aliphatic rings. The highest BCUT2D eigenvalue weighted by molar-refractivity contribution is 6.07. The van der Waals surface area contributed by atoms with Gasteiger partial charge in [-0.3, -0.25) is 4.79 Å². The molecule has 3 heteroatoms. The lowest BCUT2D eigenvalue weighted by molar-refractivity contribution is -0.128. The van der Waals surface area contributed by atoms with E-state index in [1.54, 1.807) is 17.0 Å². The highest BCUT2D eigenvalue weighted by Gasteiger charge is 2.50. The van der Waals surface area contributed by atoms with Gasteiger partial charge in [0.2, 0.25) is 5.67 Å². The van der Waals surface area contributed by atoms with Crippen LogP contribution in [0.5, 0.6) is 0 Å². The second kappa shape index (κ2) is 4.32. The molecule has 1 aliphatic carbocycles. The van der Waals surface area contributed by atoms with Crippen LogP contribution in [0.2, 0.25) is 0 Å². The van der Waals surface area contributed by atoms with Gasteiger partial charge in [0.1, 0.15) is 0 Å². The number of para-hydroxylation sites is 1. The van der Waals surface area contributed by atoms with Crippen molar-refractivity contribution in [2.45, 2.75) is 51.2 Å². The summed E-state index contributed by atoms with van der Waals surface area (Å²) in [4.78, 5) is 14.1. The first-order chi connectivity index (χ1) is 9.01. The van der Waals surface area contributed by atoms with Crippen LogP contribution in [0.3, 0.4) is 0 Å². The van der Waals surface area contributed by atoms with E-state index in [-0.39, 0.29) is 11.9 Å². The molecule has 0 bridgehead atoms. The van der Waals surface area contributed by atoms with Gasteiger partial charge in [0, 0.05) is 11.6 Å². The Hall–Kier alpha value is -1.38. The molecule has 1 aromatic rings.